The third-order valence-corrected chi connectivity index (χ3v) is 6.06. The van der Waals surface area contributed by atoms with Gasteiger partial charge in [0.05, 0.1) is 6.61 Å². The number of piperidine rings is 1. The summed E-state index contributed by atoms with van der Waals surface area (Å²) in [5.74, 6) is 0.754. The molecule has 1 amide bonds. The van der Waals surface area contributed by atoms with Crippen molar-refractivity contribution < 1.29 is 9.53 Å². The number of hydrogen-bond donors (Lipinski definition) is 1. The van der Waals surface area contributed by atoms with Gasteiger partial charge in [-0.15, -0.1) is 0 Å². The fourth-order valence-corrected chi connectivity index (χ4v) is 4.38. The van der Waals surface area contributed by atoms with E-state index in [4.69, 9.17) is 4.74 Å². The predicted molar refractivity (Wildman–Crippen MR) is 86.8 cm³/mol. The Morgan fingerprint density at radius 3 is 2.77 bits per heavy atom. The van der Waals surface area contributed by atoms with Gasteiger partial charge in [0.1, 0.15) is 0 Å². The van der Waals surface area contributed by atoms with Crippen LogP contribution in [0.4, 0.5) is 0 Å². The summed E-state index contributed by atoms with van der Waals surface area (Å²) in [6, 6.07) is 0.496. The van der Waals surface area contributed by atoms with E-state index in [2.05, 4.69) is 22.0 Å². The van der Waals surface area contributed by atoms with Crippen molar-refractivity contribution in [1.82, 2.24) is 15.1 Å². The summed E-state index contributed by atoms with van der Waals surface area (Å²) in [5.41, 5.74) is 0.358. The number of amides is 1. The number of piperazine rings is 1. The third-order valence-electron chi connectivity index (χ3n) is 6.06. The molecule has 1 saturated carbocycles. The summed E-state index contributed by atoms with van der Waals surface area (Å²) in [4.78, 5) is 17.5. The van der Waals surface area contributed by atoms with Crippen molar-refractivity contribution in [2.24, 2.45) is 11.3 Å². The van der Waals surface area contributed by atoms with Crippen LogP contribution in [0.3, 0.4) is 0 Å². The molecule has 5 nitrogen and oxygen atoms in total. The molecular formula is C17H31N3O2. The van der Waals surface area contributed by atoms with Gasteiger partial charge in [0.15, 0.2) is 0 Å². The Balaban J connectivity index is 1.54. The van der Waals surface area contributed by atoms with Crippen molar-refractivity contribution in [3.8, 4) is 0 Å². The van der Waals surface area contributed by atoms with Crippen LogP contribution in [0, 0.1) is 11.3 Å². The highest BCUT2D eigenvalue weighted by Gasteiger charge is 2.58. The SMILES string of the molecule is CCC1CN(C(=O)C2CC23CCNCC3)CCN1CCOC. The lowest BCUT2D eigenvalue weighted by atomic mass is 9.91. The Kier molecular flexibility index (Phi) is 5.05. The van der Waals surface area contributed by atoms with Crippen LogP contribution in [-0.4, -0.2) is 74.7 Å². The van der Waals surface area contributed by atoms with E-state index in [1.807, 2.05) is 0 Å². The number of carbonyl (C=O) groups is 1. The molecule has 1 aliphatic carbocycles. The second kappa shape index (κ2) is 6.85. The summed E-state index contributed by atoms with van der Waals surface area (Å²) in [7, 11) is 1.76. The fourth-order valence-electron chi connectivity index (χ4n) is 4.38. The molecular weight excluding hydrogens is 278 g/mol. The van der Waals surface area contributed by atoms with Crippen LogP contribution >= 0.6 is 0 Å². The van der Waals surface area contributed by atoms with Crippen molar-refractivity contribution in [1.29, 1.82) is 0 Å². The van der Waals surface area contributed by atoms with Crippen LogP contribution < -0.4 is 5.32 Å². The zero-order valence-electron chi connectivity index (χ0n) is 14.1. The van der Waals surface area contributed by atoms with E-state index in [1.54, 1.807) is 7.11 Å². The lowest BCUT2D eigenvalue weighted by molar-refractivity contribution is -0.136. The normalized spacial score (nSPS) is 31.5. The first-order valence-electron chi connectivity index (χ1n) is 8.92. The highest BCUT2D eigenvalue weighted by molar-refractivity contribution is 5.83. The molecule has 1 N–H and O–H groups in total. The van der Waals surface area contributed by atoms with Gasteiger partial charge in [-0.25, -0.2) is 0 Å². The maximum absolute atomic E-state index is 12.9. The number of hydrogen-bond acceptors (Lipinski definition) is 4. The standard InChI is InChI=1S/C17H31N3O2/c1-3-14-13-20(9-8-19(14)10-11-22-2)16(21)15-12-17(15)4-6-18-7-5-17/h14-15,18H,3-13H2,1-2H3. The van der Waals surface area contributed by atoms with Gasteiger partial charge in [-0.1, -0.05) is 6.92 Å². The summed E-state index contributed by atoms with van der Waals surface area (Å²) >= 11 is 0. The monoisotopic (exact) mass is 309 g/mol. The zero-order valence-corrected chi connectivity index (χ0v) is 14.1. The summed E-state index contributed by atoms with van der Waals surface area (Å²) in [6.07, 6.45) is 4.62. The number of ether oxygens (including phenoxy) is 1. The average Bonchev–Trinajstić information content (AvgIpc) is 3.25. The molecule has 0 aromatic heterocycles. The number of nitrogens with zero attached hydrogens (tertiary/aromatic N) is 2. The topological polar surface area (TPSA) is 44.8 Å². The van der Waals surface area contributed by atoms with Crippen LogP contribution in [0.1, 0.15) is 32.6 Å². The number of nitrogens with one attached hydrogen (secondary N) is 1. The van der Waals surface area contributed by atoms with Crippen molar-refractivity contribution >= 4 is 5.91 Å². The number of carbonyl (C=O) groups excluding carboxylic acids is 1. The van der Waals surface area contributed by atoms with Crippen LogP contribution in [0.2, 0.25) is 0 Å². The van der Waals surface area contributed by atoms with E-state index in [-0.39, 0.29) is 0 Å². The van der Waals surface area contributed by atoms with Crippen LogP contribution in [0.5, 0.6) is 0 Å². The lowest BCUT2D eigenvalue weighted by Gasteiger charge is -2.41. The van der Waals surface area contributed by atoms with E-state index in [0.717, 1.165) is 58.7 Å². The molecule has 2 heterocycles. The molecule has 3 aliphatic rings. The average molecular weight is 309 g/mol. The Labute approximate surface area is 134 Å². The zero-order chi connectivity index (χ0) is 15.6. The molecule has 5 heteroatoms. The van der Waals surface area contributed by atoms with Crippen molar-refractivity contribution in [2.45, 2.75) is 38.6 Å². The maximum Gasteiger partial charge on any atom is 0.226 e. The van der Waals surface area contributed by atoms with E-state index in [9.17, 15) is 4.79 Å². The second-order valence-corrected chi connectivity index (χ2v) is 7.24. The smallest absolute Gasteiger partial charge is 0.226 e. The minimum absolute atomic E-state index is 0.317. The second-order valence-electron chi connectivity index (χ2n) is 7.24. The lowest BCUT2D eigenvalue weighted by Crippen LogP contribution is -2.55. The van der Waals surface area contributed by atoms with Gasteiger partial charge < -0.3 is 15.0 Å². The Hall–Kier alpha value is -0.650. The number of methoxy groups -OCH3 is 1. The van der Waals surface area contributed by atoms with Gasteiger partial charge in [0, 0.05) is 45.2 Å². The van der Waals surface area contributed by atoms with Gasteiger partial charge in [-0.05, 0) is 44.2 Å². The minimum atomic E-state index is 0.317. The molecule has 3 rings (SSSR count). The highest BCUT2D eigenvalue weighted by atomic mass is 16.5. The molecule has 3 fully saturated rings. The summed E-state index contributed by atoms with van der Waals surface area (Å²) in [5, 5.41) is 3.42. The Morgan fingerprint density at radius 2 is 2.09 bits per heavy atom. The molecule has 2 aliphatic heterocycles. The predicted octanol–water partition coefficient (Wildman–Crippen LogP) is 0.945. The Morgan fingerprint density at radius 1 is 1.32 bits per heavy atom. The van der Waals surface area contributed by atoms with Gasteiger partial charge >= 0.3 is 0 Å². The first-order chi connectivity index (χ1) is 10.7. The maximum atomic E-state index is 12.9. The minimum Gasteiger partial charge on any atom is -0.383 e. The summed E-state index contributed by atoms with van der Waals surface area (Å²) < 4.78 is 5.21. The first-order valence-corrected chi connectivity index (χ1v) is 8.92. The van der Waals surface area contributed by atoms with E-state index in [1.165, 1.54) is 12.8 Å². The van der Waals surface area contributed by atoms with Crippen molar-refractivity contribution in [2.75, 3.05) is 53.0 Å². The molecule has 0 aromatic rings. The molecule has 1 spiro atoms. The molecule has 2 saturated heterocycles. The van der Waals surface area contributed by atoms with Gasteiger partial charge in [-0.2, -0.15) is 0 Å². The molecule has 2 atom stereocenters. The van der Waals surface area contributed by atoms with E-state index < -0.39 is 0 Å². The highest BCUT2D eigenvalue weighted by Crippen LogP contribution is 2.59. The van der Waals surface area contributed by atoms with Gasteiger partial charge in [-0.3, -0.25) is 9.69 Å². The summed E-state index contributed by atoms with van der Waals surface area (Å²) in [6.45, 7) is 8.96. The van der Waals surface area contributed by atoms with E-state index in [0.29, 0.717) is 23.3 Å². The van der Waals surface area contributed by atoms with Crippen LogP contribution in [0.25, 0.3) is 0 Å². The van der Waals surface area contributed by atoms with Crippen molar-refractivity contribution in [3.05, 3.63) is 0 Å². The molecule has 22 heavy (non-hydrogen) atoms. The van der Waals surface area contributed by atoms with Crippen molar-refractivity contribution in [3.63, 3.8) is 0 Å². The van der Waals surface area contributed by atoms with Gasteiger partial charge in [0.25, 0.3) is 0 Å². The largest absolute Gasteiger partial charge is 0.383 e. The molecule has 0 bridgehead atoms. The molecule has 126 valence electrons. The molecule has 2 unspecified atom stereocenters. The Bertz CT molecular complexity index is 395. The van der Waals surface area contributed by atoms with Crippen LogP contribution in [-0.2, 0) is 9.53 Å². The fraction of sp³-hybridized carbons (Fsp3) is 0.941. The van der Waals surface area contributed by atoms with Crippen LogP contribution in [0.15, 0.2) is 0 Å². The third kappa shape index (κ3) is 3.17. The first kappa shape index (κ1) is 16.2. The van der Waals surface area contributed by atoms with Gasteiger partial charge in [0.2, 0.25) is 5.91 Å². The number of rotatable bonds is 5. The molecule has 0 radical (unpaired) electrons. The quantitative estimate of drug-likeness (QED) is 0.821. The molecule has 0 aromatic carbocycles. The van der Waals surface area contributed by atoms with E-state index >= 15 is 0 Å².